The highest BCUT2D eigenvalue weighted by Gasteiger charge is 2.35. The number of hydrogen-bond donors (Lipinski definition) is 1. The van der Waals surface area contributed by atoms with E-state index in [-0.39, 0.29) is 11.4 Å². The number of aryl methyl sites for hydroxylation is 1. The fraction of sp³-hybridized carbons (Fsp3) is 0.600. The normalized spacial score (nSPS) is 24.5. The van der Waals surface area contributed by atoms with Gasteiger partial charge in [0.25, 0.3) is 0 Å². The lowest BCUT2D eigenvalue weighted by atomic mass is 9.80. The molecule has 1 N–H and O–H groups in total. The van der Waals surface area contributed by atoms with Gasteiger partial charge >= 0.3 is 0 Å². The van der Waals surface area contributed by atoms with Crippen LogP contribution in [0.15, 0.2) is 24.3 Å². The zero-order valence-corrected chi connectivity index (χ0v) is 10.8. The highest BCUT2D eigenvalue weighted by atomic mass is 19.1. The average Bonchev–Trinajstić information content (AvgIpc) is 2.78. The number of halogens is 1. The van der Waals surface area contributed by atoms with Gasteiger partial charge in [-0.2, -0.15) is 0 Å². The van der Waals surface area contributed by atoms with E-state index in [1.54, 1.807) is 12.1 Å². The van der Waals surface area contributed by atoms with Crippen molar-refractivity contribution < 1.29 is 4.39 Å². The number of benzene rings is 1. The molecule has 1 aromatic carbocycles. The molecular weight excluding hydrogens is 213 g/mol. The largest absolute Gasteiger partial charge is 0.311 e. The van der Waals surface area contributed by atoms with Gasteiger partial charge in [0.2, 0.25) is 0 Å². The van der Waals surface area contributed by atoms with Crippen molar-refractivity contribution in [3.8, 4) is 0 Å². The molecule has 1 aliphatic rings. The Morgan fingerprint density at radius 3 is 2.71 bits per heavy atom. The molecule has 1 aromatic rings. The first-order valence-corrected chi connectivity index (χ1v) is 6.62. The fourth-order valence-electron chi connectivity index (χ4n) is 2.88. The first-order valence-electron chi connectivity index (χ1n) is 6.62. The minimum atomic E-state index is -0.0654. The molecule has 1 heterocycles. The Hall–Kier alpha value is -0.890. The zero-order valence-electron chi connectivity index (χ0n) is 10.8. The van der Waals surface area contributed by atoms with E-state index < -0.39 is 0 Å². The lowest BCUT2D eigenvalue weighted by Gasteiger charge is -2.34. The van der Waals surface area contributed by atoms with E-state index in [1.807, 2.05) is 12.1 Å². The van der Waals surface area contributed by atoms with Crippen LogP contribution in [0.3, 0.4) is 0 Å². The molecule has 0 amide bonds. The summed E-state index contributed by atoms with van der Waals surface area (Å²) >= 11 is 0. The van der Waals surface area contributed by atoms with E-state index in [0.29, 0.717) is 5.92 Å². The minimum Gasteiger partial charge on any atom is -0.311 e. The molecule has 1 aliphatic heterocycles. The summed E-state index contributed by atoms with van der Waals surface area (Å²) in [6, 6.07) is 7.13. The molecule has 0 bridgehead atoms. The SMILES string of the molecule is CC(C)C1(CCc2ccccc2F)CCCN1. The molecule has 2 heteroatoms. The smallest absolute Gasteiger partial charge is 0.126 e. The van der Waals surface area contributed by atoms with E-state index in [2.05, 4.69) is 19.2 Å². The lowest BCUT2D eigenvalue weighted by Crippen LogP contribution is -2.45. The van der Waals surface area contributed by atoms with Crippen LogP contribution in [0.2, 0.25) is 0 Å². The van der Waals surface area contributed by atoms with Crippen molar-refractivity contribution >= 4 is 0 Å². The molecule has 1 fully saturated rings. The average molecular weight is 235 g/mol. The number of rotatable bonds is 4. The summed E-state index contributed by atoms with van der Waals surface area (Å²) in [6.07, 6.45) is 4.33. The van der Waals surface area contributed by atoms with Crippen LogP contribution in [-0.4, -0.2) is 12.1 Å². The van der Waals surface area contributed by atoms with Gasteiger partial charge in [0.05, 0.1) is 0 Å². The van der Waals surface area contributed by atoms with Gasteiger partial charge in [0.1, 0.15) is 5.82 Å². The molecule has 1 atom stereocenters. The Morgan fingerprint density at radius 2 is 2.12 bits per heavy atom. The van der Waals surface area contributed by atoms with Crippen molar-refractivity contribution in [3.63, 3.8) is 0 Å². The van der Waals surface area contributed by atoms with Crippen molar-refractivity contribution in [2.75, 3.05) is 6.54 Å². The predicted octanol–water partition coefficient (Wildman–Crippen LogP) is 3.54. The Labute approximate surface area is 103 Å². The molecule has 17 heavy (non-hydrogen) atoms. The van der Waals surface area contributed by atoms with Gasteiger partial charge in [-0.25, -0.2) is 4.39 Å². The molecular formula is C15H22FN. The second kappa shape index (κ2) is 5.18. The van der Waals surface area contributed by atoms with E-state index >= 15 is 0 Å². The lowest BCUT2D eigenvalue weighted by molar-refractivity contribution is 0.251. The molecule has 0 spiro atoms. The van der Waals surface area contributed by atoms with Gasteiger partial charge in [-0.05, 0) is 49.8 Å². The van der Waals surface area contributed by atoms with Crippen LogP contribution < -0.4 is 5.32 Å². The minimum absolute atomic E-state index is 0.0654. The molecule has 1 nitrogen and oxygen atoms in total. The van der Waals surface area contributed by atoms with Gasteiger partial charge in [0, 0.05) is 5.54 Å². The van der Waals surface area contributed by atoms with Crippen LogP contribution in [0, 0.1) is 11.7 Å². The Bertz CT molecular complexity index is 367. The van der Waals surface area contributed by atoms with E-state index in [9.17, 15) is 4.39 Å². The van der Waals surface area contributed by atoms with Gasteiger partial charge in [0.15, 0.2) is 0 Å². The monoisotopic (exact) mass is 235 g/mol. The quantitative estimate of drug-likeness (QED) is 0.841. The highest BCUT2D eigenvalue weighted by Crippen LogP contribution is 2.32. The molecule has 1 unspecified atom stereocenters. The van der Waals surface area contributed by atoms with Crippen molar-refractivity contribution in [2.45, 2.75) is 45.1 Å². The first kappa shape index (κ1) is 12.6. The van der Waals surface area contributed by atoms with Crippen LogP contribution in [0.1, 0.15) is 38.7 Å². The van der Waals surface area contributed by atoms with Crippen LogP contribution >= 0.6 is 0 Å². The van der Waals surface area contributed by atoms with Crippen molar-refractivity contribution in [3.05, 3.63) is 35.6 Å². The first-order chi connectivity index (χ1) is 8.14. The van der Waals surface area contributed by atoms with E-state index in [1.165, 1.54) is 12.8 Å². The summed E-state index contributed by atoms with van der Waals surface area (Å²) in [4.78, 5) is 0. The van der Waals surface area contributed by atoms with Gasteiger partial charge < -0.3 is 5.32 Å². The summed E-state index contributed by atoms with van der Waals surface area (Å²) in [6.45, 7) is 5.63. The molecule has 0 radical (unpaired) electrons. The molecule has 1 saturated heterocycles. The third-order valence-corrected chi connectivity index (χ3v) is 4.18. The van der Waals surface area contributed by atoms with Crippen LogP contribution in [0.25, 0.3) is 0 Å². The molecule has 0 saturated carbocycles. The third-order valence-electron chi connectivity index (χ3n) is 4.18. The van der Waals surface area contributed by atoms with Gasteiger partial charge in [-0.3, -0.25) is 0 Å². The highest BCUT2D eigenvalue weighted by molar-refractivity contribution is 5.18. The van der Waals surface area contributed by atoms with Crippen molar-refractivity contribution in [1.29, 1.82) is 0 Å². The topological polar surface area (TPSA) is 12.0 Å². The summed E-state index contributed by atoms with van der Waals surface area (Å²) in [5, 5.41) is 3.64. The Morgan fingerprint density at radius 1 is 1.35 bits per heavy atom. The predicted molar refractivity (Wildman–Crippen MR) is 69.5 cm³/mol. The van der Waals surface area contributed by atoms with E-state index in [4.69, 9.17) is 0 Å². The molecule has 94 valence electrons. The van der Waals surface area contributed by atoms with E-state index in [0.717, 1.165) is 24.9 Å². The van der Waals surface area contributed by atoms with Crippen LogP contribution in [-0.2, 0) is 6.42 Å². The van der Waals surface area contributed by atoms with Crippen molar-refractivity contribution in [1.82, 2.24) is 5.32 Å². The molecule has 0 aromatic heterocycles. The summed E-state index contributed by atoms with van der Waals surface area (Å²) in [5.41, 5.74) is 1.07. The van der Waals surface area contributed by atoms with Gasteiger partial charge in [-0.1, -0.05) is 32.0 Å². The Kier molecular flexibility index (Phi) is 3.82. The van der Waals surface area contributed by atoms with Crippen LogP contribution in [0.4, 0.5) is 4.39 Å². The second-order valence-corrected chi connectivity index (χ2v) is 5.43. The fourth-order valence-corrected chi connectivity index (χ4v) is 2.88. The summed E-state index contributed by atoms with van der Waals surface area (Å²) in [7, 11) is 0. The second-order valence-electron chi connectivity index (χ2n) is 5.43. The van der Waals surface area contributed by atoms with Gasteiger partial charge in [-0.15, -0.1) is 0 Å². The standard InChI is InChI=1S/C15H22FN/c1-12(2)15(9-5-11-17-15)10-8-13-6-3-4-7-14(13)16/h3-4,6-7,12,17H,5,8-11H2,1-2H3. The van der Waals surface area contributed by atoms with Crippen LogP contribution in [0.5, 0.6) is 0 Å². The molecule has 2 rings (SSSR count). The van der Waals surface area contributed by atoms with Crippen molar-refractivity contribution in [2.24, 2.45) is 5.92 Å². The summed E-state index contributed by atoms with van der Waals surface area (Å²) < 4.78 is 13.6. The summed E-state index contributed by atoms with van der Waals surface area (Å²) in [5.74, 6) is 0.543. The molecule has 0 aliphatic carbocycles. The maximum Gasteiger partial charge on any atom is 0.126 e. The third kappa shape index (κ3) is 2.68. The number of hydrogen-bond acceptors (Lipinski definition) is 1. The maximum atomic E-state index is 13.6. The number of nitrogens with one attached hydrogen (secondary N) is 1. The zero-order chi connectivity index (χ0) is 12.3. The maximum absolute atomic E-state index is 13.6. The Balaban J connectivity index is 2.03.